The third kappa shape index (κ3) is 4.94. The van der Waals surface area contributed by atoms with E-state index in [9.17, 15) is 4.79 Å². The van der Waals surface area contributed by atoms with E-state index in [-0.39, 0.29) is 0 Å². The molecular weight excluding hydrogens is 288 g/mol. The first-order valence-corrected chi connectivity index (χ1v) is 7.61. The van der Waals surface area contributed by atoms with Crippen LogP contribution >= 0.6 is 11.6 Å². The molecule has 3 nitrogen and oxygen atoms in total. The molecule has 0 aromatic heterocycles. The Morgan fingerprint density at radius 2 is 1.67 bits per heavy atom. The van der Waals surface area contributed by atoms with Crippen LogP contribution in [0, 0.1) is 0 Å². The third-order valence-electron chi connectivity index (χ3n) is 3.25. The molecule has 0 saturated carbocycles. The molecule has 0 heterocycles. The van der Waals surface area contributed by atoms with Crippen LogP contribution in [0.25, 0.3) is 10.8 Å². The first kappa shape index (κ1) is 15.6. The largest absolute Gasteiger partial charge is 0.494 e. The van der Waals surface area contributed by atoms with Crippen LogP contribution < -0.4 is 9.47 Å². The number of benzene rings is 2. The summed E-state index contributed by atoms with van der Waals surface area (Å²) in [5.41, 5.74) is -0.832. The van der Waals surface area contributed by atoms with E-state index in [1.165, 1.54) is 19.3 Å². The number of carbonyl (C=O) groups is 1. The van der Waals surface area contributed by atoms with Crippen LogP contribution in [0.5, 0.6) is 11.5 Å². The summed E-state index contributed by atoms with van der Waals surface area (Å²) in [6.07, 6.45) is 4.77. The molecule has 0 saturated heterocycles. The van der Waals surface area contributed by atoms with Gasteiger partial charge in [0, 0.05) is 11.6 Å². The molecule has 4 heteroatoms. The summed E-state index contributed by atoms with van der Waals surface area (Å²) >= 11 is 5.20. The van der Waals surface area contributed by atoms with E-state index in [1.807, 2.05) is 24.3 Å². The average molecular weight is 307 g/mol. The fourth-order valence-electron chi connectivity index (χ4n) is 2.17. The Labute approximate surface area is 129 Å². The lowest BCUT2D eigenvalue weighted by atomic mass is 10.1. The van der Waals surface area contributed by atoms with Crippen LogP contribution in [0.2, 0.25) is 0 Å². The summed E-state index contributed by atoms with van der Waals surface area (Å²) < 4.78 is 10.6. The van der Waals surface area contributed by atoms with E-state index in [0.29, 0.717) is 5.75 Å². The molecule has 0 amide bonds. The highest BCUT2D eigenvalue weighted by atomic mass is 35.5. The SMILES string of the molecule is CCCCCCOc1ccc2cc(OC(=O)Cl)ccc2c1. The van der Waals surface area contributed by atoms with Crippen molar-refractivity contribution in [2.24, 2.45) is 0 Å². The molecule has 0 aliphatic carbocycles. The molecule has 0 fully saturated rings. The van der Waals surface area contributed by atoms with Crippen LogP contribution in [0.3, 0.4) is 0 Å². The zero-order chi connectivity index (χ0) is 15.1. The zero-order valence-corrected chi connectivity index (χ0v) is 12.9. The average Bonchev–Trinajstić information content (AvgIpc) is 2.46. The van der Waals surface area contributed by atoms with Gasteiger partial charge in [0.05, 0.1) is 6.61 Å². The van der Waals surface area contributed by atoms with Gasteiger partial charge in [0.25, 0.3) is 0 Å². The summed E-state index contributed by atoms with van der Waals surface area (Å²) in [4.78, 5) is 10.7. The molecule has 0 radical (unpaired) electrons. The van der Waals surface area contributed by atoms with Gasteiger partial charge in [-0.3, -0.25) is 0 Å². The standard InChI is InChI=1S/C17H19ClO3/c1-2-3-4-5-10-20-15-8-6-14-12-16(21-17(18)19)9-7-13(14)11-15/h6-9,11-12H,2-5,10H2,1H3. The van der Waals surface area contributed by atoms with E-state index in [1.54, 1.807) is 12.1 Å². The van der Waals surface area contributed by atoms with Gasteiger partial charge in [0.15, 0.2) is 0 Å². The molecule has 2 aromatic rings. The van der Waals surface area contributed by atoms with E-state index >= 15 is 0 Å². The Hall–Kier alpha value is -1.74. The highest BCUT2D eigenvalue weighted by molar-refractivity contribution is 6.61. The number of hydrogen-bond donors (Lipinski definition) is 0. The van der Waals surface area contributed by atoms with E-state index < -0.39 is 5.43 Å². The second-order valence-electron chi connectivity index (χ2n) is 4.92. The number of rotatable bonds is 7. The maximum absolute atomic E-state index is 10.7. The maximum atomic E-state index is 10.7. The predicted octanol–water partition coefficient (Wildman–Crippen LogP) is 5.54. The second-order valence-corrected chi connectivity index (χ2v) is 5.23. The van der Waals surface area contributed by atoms with Gasteiger partial charge in [-0.05, 0) is 41.5 Å². The van der Waals surface area contributed by atoms with Gasteiger partial charge in [0.1, 0.15) is 11.5 Å². The van der Waals surface area contributed by atoms with Crippen molar-refractivity contribution in [3.8, 4) is 11.5 Å². The quantitative estimate of drug-likeness (QED) is 0.498. The Morgan fingerprint density at radius 3 is 2.33 bits per heavy atom. The van der Waals surface area contributed by atoms with Crippen molar-refractivity contribution < 1.29 is 14.3 Å². The van der Waals surface area contributed by atoms with E-state index in [0.717, 1.165) is 29.5 Å². The fraction of sp³-hybridized carbons (Fsp3) is 0.353. The summed E-state index contributed by atoms with van der Waals surface area (Å²) in [6, 6.07) is 11.2. The van der Waals surface area contributed by atoms with Gasteiger partial charge in [-0.1, -0.05) is 38.3 Å². The van der Waals surface area contributed by atoms with Gasteiger partial charge in [-0.25, -0.2) is 4.79 Å². The highest BCUT2D eigenvalue weighted by Gasteiger charge is 2.03. The van der Waals surface area contributed by atoms with Crippen molar-refractivity contribution in [1.82, 2.24) is 0 Å². The minimum atomic E-state index is -0.832. The van der Waals surface area contributed by atoms with Crippen LogP contribution in [0.1, 0.15) is 32.6 Å². The van der Waals surface area contributed by atoms with Crippen molar-refractivity contribution in [2.75, 3.05) is 6.61 Å². The number of ether oxygens (including phenoxy) is 2. The van der Waals surface area contributed by atoms with E-state index in [2.05, 4.69) is 6.92 Å². The number of hydrogen-bond acceptors (Lipinski definition) is 3. The third-order valence-corrected chi connectivity index (χ3v) is 3.33. The van der Waals surface area contributed by atoms with Gasteiger partial charge < -0.3 is 9.47 Å². The summed E-state index contributed by atoms with van der Waals surface area (Å²) in [5, 5.41) is 2.01. The number of carbonyl (C=O) groups excluding carboxylic acids is 1. The molecular formula is C17H19ClO3. The number of fused-ring (bicyclic) bond motifs is 1. The lowest BCUT2D eigenvalue weighted by Gasteiger charge is -2.08. The van der Waals surface area contributed by atoms with Crippen molar-refractivity contribution in [3.05, 3.63) is 36.4 Å². The van der Waals surface area contributed by atoms with Crippen molar-refractivity contribution in [2.45, 2.75) is 32.6 Å². The monoisotopic (exact) mass is 306 g/mol. The first-order valence-electron chi connectivity index (χ1n) is 7.23. The molecule has 0 bridgehead atoms. The Kier molecular flexibility index (Phi) is 5.88. The molecule has 112 valence electrons. The lowest BCUT2D eigenvalue weighted by molar-refractivity contribution is 0.225. The van der Waals surface area contributed by atoms with Crippen molar-refractivity contribution in [3.63, 3.8) is 0 Å². The molecule has 2 aromatic carbocycles. The molecule has 0 N–H and O–H groups in total. The predicted molar refractivity (Wildman–Crippen MR) is 85.5 cm³/mol. The van der Waals surface area contributed by atoms with E-state index in [4.69, 9.17) is 21.1 Å². The van der Waals surface area contributed by atoms with Gasteiger partial charge >= 0.3 is 5.43 Å². The highest BCUT2D eigenvalue weighted by Crippen LogP contribution is 2.25. The second kappa shape index (κ2) is 7.89. The maximum Gasteiger partial charge on any atom is 0.409 e. The minimum absolute atomic E-state index is 0.440. The number of unbranched alkanes of at least 4 members (excludes halogenated alkanes) is 3. The molecule has 21 heavy (non-hydrogen) atoms. The fourth-order valence-corrected chi connectivity index (χ4v) is 2.26. The molecule has 0 atom stereocenters. The summed E-state index contributed by atoms with van der Waals surface area (Å²) in [7, 11) is 0. The smallest absolute Gasteiger partial charge is 0.409 e. The van der Waals surface area contributed by atoms with Crippen molar-refractivity contribution in [1.29, 1.82) is 0 Å². The van der Waals surface area contributed by atoms with Gasteiger partial charge in [0.2, 0.25) is 0 Å². The normalized spacial score (nSPS) is 10.6. The number of halogens is 1. The Bertz CT molecular complexity index is 610. The van der Waals surface area contributed by atoms with Gasteiger partial charge in [-0.15, -0.1) is 0 Å². The summed E-state index contributed by atoms with van der Waals surface area (Å²) in [5.74, 6) is 1.30. The molecule has 0 spiro atoms. The lowest BCUT2D eigenvalue weighted by Crippen LogP contribution is -1.97. The summed E-state index contributed by atoms with van der Waals surface area (Å²) in [6.45, 7) is 2.94. The van der Waals surface area contributed by atoms with Crippen LogP contribution in [0.15, 0.2) is 36.4 Å². The van der Waals surface area contributed by atoms with Crippen LogP contribution in [0.4, 0.5) is 4.79 Å². The zero-order valence-electron chi connectivity index (χ0n) is 12.1. The molecule has 0 aliphatic heterocycles. The van der Waals surface area contributed by atoms with Crippen molar-refractivity contribution >= 4 is 27.8 Å². The molecule has 0 unspecified atom stereocenters. The minimum Gasteiger partial charge on any atom is -0.494 e. The van der Waals surface area contributed by atoms with Crippen LogP contribution in [-0.2, 0) is 0 Å². The molecule has 0 aliphatic rings. The first-order chi connectivity index (χ1) is 10.2. The topological polar surface area (TPSA) is 35.5 Å². The molecule has 2 rings (SSSR count). The Balaban J connectivity index is 1.99. The van der Waals surface area contributed by atoms with Crippen LogP contribution in [-0.4, -0.2) is 12.0 Å². The van der Waals surface area contributed by atoms with Gasteiger partial charge in [-0.2, -0.15) is 0 Å². The Morgan fingerprint density at radius 1 is 1.00 bits per heavy atom.